The van der Waals surface area contributed by atoms with Crippen LogP contribution in [0, 0.1) is 11.7 Å². The lowest BCUT2D eigenvalue weighted by molar-refractivity contribution is -0.125. The minimum absolute atomic E-state index is 0.0930. The molecule has 1 fully saturated rings. The van der Waals surface area contributed by atoms with Crippen LogP contribution in [0.5, 0.6) is 11.5 Å². The Labute approximate surface area is 198 Å². The molecule has 1 aliphatic heterocycles. The minimum Gasteiger partial charge on any atom is -0.497 e. The van der Waals surface area contributed by atoms with Crippen molar-refractivity contribution in [1.29, 1.82) is 0 Å². The van der Waals surface area contributed by atoms with Crippen LogP contribution in [0.25, 0.3) is 0 Å². The molecule has 1 heterocycles. The van der Waals surface area contributed by atoms with Gasteiger partial charge in [-0.1, -0.05) is 12.1 Å². The third-order valence-corrected chi connectivity index (χ3v) is 5.93. The number of nitrogens with one attached hydrogen (secondary N) is 1. The number of methoxy groups -OCH3 is 1. The summed E-state index contributed by atoms with van der Waals surface area (Å²) in [5.41, 5.74) is 1.98. The second-order valence-corrected chi connectivity index (χ2v) is 8.05. The first kappa shape index (κ1) is 23.3. The Balaban J connectivity index is 1.67. The molecule has 4 rings (SSSR count). The maximum atomic E-state index is 13.7. The van der Waals surface area contributed by atoms with E-state index < -0.39 is 12.0 Å². The van der Waals surface area contributed by atoms with Gasteiger partial charge in [0.15, 0.2) is 0 Å². The standard InChI is InChI=1S/C27H27FN2O4/c1-3-34-23-12-8-20(9-13-23)29-27(32)24-16-17-25(31)30(21-10-14-22(33-2)15-11-21)26(24)18-4-6-19(28)7-5-18/h4-15,24,26H,3,16-17H2,1-2H3,(H,29,32)/t24-,26-/m0/s1. The molecule has 6 nitrogen and oxygen atoms in total. The second kappa shape index (κ2) is 10.4. The molecule has 34 heavy (non-hydrogen) atoms. The van der Waals surface area contributed by atoms with Crippen molar-refractivity contribution >= 4 is 23.2 Å². The SMILES string of the molecule is CCOc1ccc(NC(=O)[C@H]2CCC(=O)N(c3ccc(OC)cc3)[C@H]2c2ccc(F)cc2)cc1. The van der Waals surface area contributed by atoms with Crippen LogP contribution in [-0.4, -0.2) is 25.5 Å². The van der Waals surface area contributed by atoms with Crippen molar-refractivity contribution in [1.82, 2.24) is 0 Å². The summed E-state index contributed by atoms with van der Waals surface area (Å²) in [6, 6.07) is 19.7. The van der Waals surface area contributed by atoms with E-state index in [4.69, 9.17) is 9.47 Å². The van der Waals surface area contributed by atoms with Gasteiger partial charge in [-0.25, -0.2) is 4.39 Å². The van der Waals surface area contributed by atoms with E-state index in [-0.39, 0.29) is 24.1 Å². The number of hydrogen-bond acceptors (Lipinski definition) is 4. The lowest BCUT2D eigenvalue weighted by atomic mass is 9.83. The Morgan fingerprint density at radius 2 is 1.65 bits per heavy atom. The molecule has 0 aromatic heterocycles. The number of carbonyl (C=O) groups excluding carboxylic acids is 2. The minimum atomic E-state index is -0.585. The number of ether oxygens (including phenoxy) is 2. The largest absolute Gasteiger partial charge is 0.497 e. The van der Waals surface area contributed by atoms with E-state index >= 15 is 0 Å². The summed E-state index contributed by atoms with van der Waals surface area (Å²) in [6.07, 6.45) is 0.613. The molecule has 0 radical (unpaired) electrons. The second-order valence-electron chi connectivity index (χ2n) is 8.05. The molecular formula is C27H27FN2O4. The molecule has 1 N–H and O–H groups in total. The van der Waals surface area contributed by atoms with Crippen molar-refractivity contribution < 1.29 is 23.5 Å². The van der Waals surface area contributed by atoms with Gasteiger partial charge in [0.05, 0.1) is 25.7 Å². The van der Waals surface area contributed by atoms with Crippen LogP contribution < -0.4 is 19.7 Å². The van der Waals surface area contributed by atoms with Gasteiger partial charge in [-0.05, 0) is 79.6 Å². The summed E-state index contributed by atoms with van der Waals surface area (Å²) >= 11 is 0. The third-order valence-electron chi connectivity index (χ3n) is 5.93. The molecule has 2 amide bonds. The van der Waals surface area contributed by atoms with E-state index in [0.717, 1.165) is 5.75 Å². The van der Waals surface area contributed by atoms with Crippen LogP contribution in [0.4, 0.5) is 15.8 Å². The van der Waals surface area contributed by atoms with E-state index in [1.807, 2.05) is 6.92 Å². The number of nitrogens with zero attached hydrogens (tertiary/aromatic N) is 1. The van der Waals surface area contributed by atoms with Gasteiger partial charge in [0, 0.05) is 17.8 Å². The molecule has 2 atom stereocenters. The number of halogens is 1. The summed E-state index contributed by atoms with van der Waals surface area (Å²) in [5.74, 6) is 0.179. The average molecular weight is 463 g/mol. The third kappa shape index (κ3) is 5.03. The van der Waals surface area contributed by atoms with Gasteiger partial charge >= 0.3 is 0 Å². The fraction of sp³-hybridized carbons (Fsp3) is 0.259. The predicted octanol–water partition coefficient (Wildman–Crippen LogP) is 5.36. The Bertz CT molecular complexity index is 1130. The van der Waals surface area contributed by atoms with E-state index in [2.05, 4.69) is 5.32 Å². The molecule has 3 aromatic rings. The molecule has 176 valence electrons. The van der Waals surface area contributed by atoms with Crippen molar-refractivity contribution in [2.24, 2.45) is 5.92 Å². The van der Waals surface area contributed by atoms with Crippen molar-refractivity contribution in [3.63, 3.8) is 0 Å². The Kier molecular flexibility index (Phi) is 7.11. The summed E-state index contributed by atoms with van der Waals surface area (Å²) in [6.45, 7) is 2.46. The van der Waals surface area contributed by atoms with Gasteiger partial charge in [-0.3, -0.25) is 9.59 Å². The van der Waals surface area contributed by atoms with Crippen molar-refractivity contribution in [3.8, 4) is 11.5 Å². The monoisotopic (exact) mass is 462 g/mol. The summed E-state index contributed by atoms with van der Waals surface area (Å²) in [7, 11) is 1.57. The topological polar surface area (TPSA) is 67.9 Å². The summed E-state index contributed by atoms with van der Waals surface area (Å²) in [5, 5.41) is 2.97. The van der Waals surface area contributed by atoms with Crippen molar-refractivity contribution in [3.05, 3.63) is 84.2 Å². The highest BCUT2D eigenvalue weighted by atomic mass is 19.1. The lowest BCUT2D eigenvalue weighted by Crippen LogP contribution is -2.47. The van der Waals surface area contributed by atoms with Crippen LogP contribution in [0.3, 0.4) is 0 Å². The number of anilines is 2. The Morgan fingerprint density at radius 1 is 1.00 bits per heavy atom. The molecule has 0 spiro atoms. The van der Waals surface area contributed by atoms with E-state index in [1.165, 1.54) is 12.1 Å². The number of carbonyl (C=O) groups is 2. The highest BCUT2D eigenvalue weighted by Crippen LogP contribution is 2.41. The van der Waals surface area contributed by atoms with Crippen LogP contribution in [0.2, 0.25) is 0 Å². The van der Waals surface area contributed by atoms with Gasteiger partial charge in [-0.2, -0.15) is 0 Å². The van der Waals surface area contributed by atoms with Crippen molar-refractivity contribution in [2.75, 3.05) is 23.9 Å². The number of benzene rings is 3. The molecule has 0 aliphatic carbocycles. The van der Waals surface area contributed by atoms with E-state index in [0.29, 0.717) is 35.7 Å². The van der Waals surface area contributed by atoms with E-state index in [9.17, 15) is 14.0 Å². The van der Waals surface area contributed by atoms with Crippen molar-refractivity contribution in [2.45, 2.75) is 25.8 Å². The predicted molar refractivity (Wildman–Crippen MR) is 129 cm³/mol. The van der Waals surface area contributed by atoms with Gasteiger partial charge in [0.1, 0.15) is 17.3 Å². The molecule has 0 bridgehead atoms. The fourth-order valence-corrected chi connectivity index (χ4v) is 4.29. The van der Waals surface area contributed by atoms with Gasteiger partial charge < -0.3 is 19.7 Å². The summed E-state index contributed by atoms with van der Waals surface area (Å²) < 4.78 is 24.4. The quantitative estimate of drug-likeness (QED) is 0.514. The van der Waals surface area contributed by atoms with Crippen LogP contribution >= 0.6 is 0 Å². The zero-order chi connectivity index (χ0) is 24.1. The molecule has 1 saturated heterocycles. The maximum absolute atomic E-state index is 13.7. The number of amides is 2. The maximum Gasteiger partial charge on any atom is 0.229 e. The average Bonchev–Trinajstić information content (AvgIpc) is 2.86. The molecule has 3 aromatic carbocycles. The first-order valence-corrected chi connectivity index (χ1v) is 11.3. The molecule has 0 saturated carbocycles. The lowest BCUT2D eigenvalue weighted by Gasteiger charge is -2.41. The van der Waals surface area contributed by atoms with Gasteiger partial charge in [0.25, 0.3) is 0 Å². The zero-order valence-corrected chi connectivity index (χ0v) is 19.2. The first-order chi connectivity index (χ1) is 16.5. The molecule has 7 heteroatoms. The number of piperidine rings is 1. The first-order valence-electron chi connectivity index (χ1n) is 11.3. The van der Waals surface area contributed by atoms with Gasteiger partial charge in [0.2, 0.25) is 11.8 Å². The number of hydrogen-bond donors (Lipinski definition) is 1. The highest BCUT2D eigenvalue weighted by molar-refractivity contribution is 6.00. The van der Waals surface area contributed by atoms with E-state index in [1.54, 1.807) is 72.7 Å². The van der Waals surface area contributed by atoms with Crippen LogP contribution in [0.1, 0.15) is 31.4 Å². The number of rotatable bonds is 7. The molecule has 1 aliphatic rings. The van der Waals surface area contributed by atoms with Gasteiger partial charge in [-0.15, -0.1) is 0 Å². The fourth-order valence-electron chi connectivity index (χ4n) is 4.29. The summed E-state index contributed by atoms with van der Waals surface area (Å²) in [4.78, 5) is 28.2. The normalized spacial score (nSPS) is 17.9. The highest BCUT2D eigenvalue weighted by Gasteiger charge is 2.41. The smallest absolute Gasteiger partial charge is 0.229 e. The van der Waals surface area contributed by atoms with Crippen LogP contribution in [0.15, 0.2) is 72.8 Å². The zero-order valence-electron chi connectivity index (χ0n) is 19.2. The Hall–Kier alpha value is -3.87. The molecule has 0 unspecified atom stereocenters. The molecular weight excluding hydrogens is 435 g/mol. The Morgan fingerprint density at radius 3 is 2.26 bits per heavy atom. The van der Waals surface area contributed by atoms with Crippen LogP contribution in [-0.2, 0) is 9.59 Å².